The zero-order chi connectivity index (χ0) is 16.7. The summed E-state index contributed by atoms with van der Waals surface area (Å²) in [5.74, 6) is 0.791. The van der Waals surface area contributed by atoms with E-state index in [2.05, 4.69) is 18.1 Å². The van der Waals surface area contributed by atoms with Crippen molar-refractivity contribution in [3.8, 4) is 0 Å². The zero-order valence-corrected chi connectivity index (χ0v) is 14.5. The van der Waals surface area contributed by atoms with Crippen LogP contribution in [0.5, 0.6) is 0 Å². The Morgan fingerprint density at radius 3 is 3.04 bits per heavy atom. The lowest BCUT2D eigenvalue weighted by atomic mass is 9.72. The molecule has 4 rings (SSSR count). The summed E-state index contributed by atoms with van der Waals surface area (Å²) >= 11 is 0. The topological polar surface area (TPSA) is 52.2 Å². The van der Waals surface area contributed by atoms with Crippen LogP contribution in [-0.2, 0) is 11.8 Å². The second kappa shape index (κ2) is 5.88. The smallest absolute Gasteiger partial charge is 0.215 e. The number of carbonyl (C=O) groups excluding carboxylic acids is 1. The average Bonchev–Trinajstić information content (AvgIpc) is 2.93. The van der Waals surface area contributed by atoms with E-state index in [1.54, 1.807) is 0 Å². The van der Waals surface area contributed by atoms with Crippen LogP contribution in [0.3, 0.4) is 0 Å². The van der Waals surface area contributed by atoms with Gasteiger partial charge in [-0.2, -0.15) is 5.10 Å². The average molecular weight is 325 g/mol. The molecular weight excluding hydrogens is 300 g/mol. The van der Waals surface area contributed by atoms with Gasteiger partial charge < -0.3 is 0 Å². The van der Waals surface area contributed by atoms with Crippen LogP contribution in [0.1, 0.15) is 45.4 Å². The van der Waals surface area contributed by atoms with Crippen molar-refractivity contribution >= 4 is 23.1 Å². The van der Waals surface area contributed by atoms with Crippen LogP contribution in [0.4, 0.5) is 5.82 Å². The lowest BCUT2D eigenvalue weighted by Crippen LogP contribution is -2.58. The molecule has 5 nitrogen and oxygen atoms in total. The highest BCUT2D eigenvalue weighted by atomic mass is 16.1. The van der Waals surface area contributed by atoms with Gasteiger partial charge >= 0.3 is 0 Å². The fourth-order valence-corrected chi connectivity index (χ4v) is 4.66. The highest BCUT2D eigenvalue weighted by Gasteiger charge is 2.44. The van der Waals surface area contributed by atoms with Crippen LogP contribution < -0.4 is 10.2 Å². The Morgan fingerprint density at radius 1 is 1.42 bits per heavy atom. The van der Waals surface area contributed by atoms with Gasteiger partial charge in [0.2, 0.25) is 6.41 Å². The molecule has 0 spiro atoms. The Kier molecular flexibility index (Phi) is 3.83. The Bertz CT molecular complexity index is 755. The van der Waals surface area contributed by atoms with Crippen LogP contribution in [0, 0.1) is 0 Å². The third-order valence-electron chi connectivity index (χ3n) is 5.94. The van der Waals surface area contributed by atoms with Gasteiger partial charge in [-0.1, -0.05) is 19.1 Å². The van der Waals surface area contributed by atoms with E-state index in [-0.39, 0.29) is 11.6 Å². The molecule has 2 aliphatic heterocycles. The van der Waals surface area contributed by atoms with Crippen molar-refractivity contribution in [2.75, 3.05) is 4.90 Å². The largest absolute Gasteiger partial charge is 0.294 e. The predicted molar refractivity (Wildman–Crippen MR) is 95.1 cm³/mol. The number of carbonyl (C=O) groups is 1. The molecule has 3 atom stereocenters. The van der Waals surface area contributed by atoms with Crippen LogP contribution in [0.25, 0.3) is 10.9 Å². The van der Waals surface area contributed by atoms with Gasteiger partial charge in [0.25, 0.3) is 0 Å². The van der Waals surface area contributed by atoms with E-state index in [4.69, 9.17) is 5.32 Å². The molecule has 2 saturated heterocycles. The van der Waals surface area contributed by atoms with Gasteiger partial charge in [-0.25, -0.2) is 5.32 Å². The van der Waals surface area contributed by atoms with E-state index in [0.717, 1.165) is 55.2 Å². The fourth-order valence-electron chi connectivity index (χ4n) is 4.66. The highest BCUT2D eigenvalue weighted by molar-refractivity contribution is 5.95. The first kappa shape index (κ1) is 15.6. The third kappa shape index (κ3) is 2.42. The molecule has 3 heterocycles. The molecule has 0 aliphatic carbocycles. The summed E-state index contributed by atoms with van der Waals surface area (Å²) in [5.41, 5.74) is 1.13. The fraction of sp³-hybridized carbons (Fsp3) is 0.579. The molecule has 5 heteroatoms. The summed E-state index contributed by atoms with van der Waals surface area (Å²) in [6.07, 6.45) is 7.55. The number of benzene rings is 1. The summed E-state index contributed by atoms with van der Waals surface area (Å²) in [5, 5.41) is 10.8. The molecule has 1 amide bonds. The molecule has 2 fully saturated rings. The van der Waals surface area contributed by atoms with Gasteiger partial charge in [0.1, 0.15) is 0 Å². The first-order chi connectivity index (χ1) is 11.7. The number of anilines is 1. The molecule has 1 aromatic heterocycles. The molecule has 1 radical (unpaired) electrons. The molecule has 0 saturated carbocycles. The van der Waals surface area contributed by atoms with Crippen molar-refractivity contribution in [3.63, 3.8) is 0 Å². The van der Waals surface area contributed by atoms with Crippen molar-refractivity contribution in [2.45, 2.75) is 63.1 Å². The lowest BCUT2D eigenvalue weighted by Gasteiger charge is -2.49. The van der Waals surface area contributed by atoms with Crippen molar-refractivity contribution in [2.24, 2.45) is 7.05 Å². The Labute approximate surface area is 143 Å². The summed E-state index contributed by atoms with van der Waals surface area (Å²) in [7, 11) is 1.94. The summed E-state index contributed by atoms with van der Waals surface area (Å²) in [4.78, 5) is 13.9. The minimum absolute atomic E-state index is 0.0671. The van der Waals surface area contributed by atoms with Crippen molar-refractivity contribution in [1.82, 2.24) is 15.1 Å². The molecule has 2 bridgehead atoms. The highest BCUT2D eigenvalue weighted by Crippen LogP contribution is 2.40. The number of hydrogen-bond donors (Lipinski definition) is 0. The molecule has 2 aliphatic rings. The monoisotopic (exact) mass is 325 g/mol. The third-order valence-corrected chi connectivity index (χ3v) is 5.94. The number of fused-ring (bicyclic) bond motifs is 3. The van der Waals surface area contributed by atoms with Crippen molar-refractivity contribution < 1.29 is 4.79 Å². The van der Waals surface area contributed by atoms with Gasteiger partial charge in [-0.15, -0.1) is 0 Å². The number of amides is 1. The van der Waals surface area contributed by atoms with Gasteiger partial charge in [0.15, 0.2) is 5.82 Å². The van der Waals surface area contributed by atoms with Crippen LogP contribution in [0.2, 0.25) is 0 Å². The lowest BCUT2D eigenvalue weighted by molar-refractivity contribution is -0.108. The maximum Gasteiger partial charge on any atom is 0.215 e. The molecule has 0 N–H and O–H groups in total. The predicted octanol–water partition coefficient (Wildman–Crippen LogP) is 3.00. The van der Waals surface area contributed by atoms with Crippen LogP contribution in [-0.4, -0.2) is 33.8 Å². The van der Waals surface area contributed by atoms with Gasteiger partial charge in [0, 0.05) is 30.1 Å². The molecule has 3 unspecified atom stereocenters. The van der Waals surface area contributed by atoms with Crippen LogP contribution in [0.15, 0.2) is 24.3 Å². The first-order valence-electron chi connectivity index (χ1n) is 9.03. The van der Waals surface area contributed by atoms with E-state index >= 15 is 0 Å². The summed E-state index contributed by atoms with van der Waals surface area (Å²) < 4.78 is 1.87. The van der Waals surface area contributed by atoms with E-state index in [1.165, 1.54) is 6.42 Å². The Hall–Kier alpha value is -1.88. The molecule has 127 valence electrons. The molecule has 1 aromatic carbocycles. The van der Waals surface area contributed by atoms with Gasteiger partial charge in [0.05, 0.1) is 5.52 Å². The number of nitrogens with zero attached hydrogens (tertiary/aromatic N) is 4. The standard InChI is InChI=1S/C19H25N4O/c1-3-19-10-6-7-14(20-19)11-15(12-19)23(13-24)18-16-8-4-5-9-17(16)22(2)21-18/h4-5,8-9,13-15H,3,6-7,10-12H2,1-2H3. The maximum absolute atomic E-state index is 12.0. The minimum Gasteiger partial charge on any atom is -0.294 e. The Morgan fingerprint density at radius 2 is 2.25 bits per heavy atom. The second-order valence-corrected chi connectivity index (χ2v) is 7.32. The SMILES string of the molecule is CCC12CCCC(CC(N(C=O)c3nn(C)c4ccccc34)C1)[N]2. The van der Waals surface area contributed by atoms with E-state index < -0.39 is 0 Å². The number of aromatic nitrogens is 2. The molecule has 2 aromatic rings. The first-order valence-corrected chi connectivity index (χ1v) is 9.03. The number of aryl methyl sites for hydroxylation is 1. The quantitative estimate of drug-likeness (QED) is 0.812. The van der Waals surface area contributed by atoms with Crippen molar-refractivity contribution in [3.05, 3.63) is 24.3 Å². The van der Waals surface area contributed by atoms with Crippen LogP contribution >= 0.6 is 0 Å². The zero-order valence-electron chi connectivity index (χ0n) is 14.5. The van der Waals surface area contributed by atoms with E-state index in [0.29, 0.717) is 6.04 Å². The van der Waals surface area contributed by atoms with E-state index in [1.807, 2.05) is 34.8 Å². The molecule has 24 heavy (non-hydrogen) atoms. The summed E-state index contributed by atoms with van der Waals surface area (Å²) in [6.45, 7) is 2.23. The minimum atomic E-state index is 0.0671. The number of piperidine rings is 2. The number of hydrogen-bond acceptors (Lipinski definition) is 2. The number of para-hydroxylation sites is 1. The van der Waals surface area contributed by atoms with E-state index in [9.17, 15) is 4.79 Å². The van der Waals surface area contributed by atoms with Gasteiger partial charge in [-0.3, -0.25) is 14.4 Å². The molecular formula is C19H25N4O. The second-order valence-electron chi connectivity index (χ2n) is 7.32. The van der Waals surface area contributed by atoms with Crippen molar-refractivity contribution in [1.29, 1.82) is 0 Å². The van der Waals surface area contributed by atoms with Gasteiger partial charge in [-0.05, 0) is 50.7 Å². The summed E-state index contributed by atoms with van der Waals surface area (Å²) in [6, 6.07) is 8.72. The Balaban J connectivity index is 1.72. The number of rotatable bonds is 4. The normalized spacial score (nSPS) is 29.6. The maximum atomic E-state index is 12.0.